The molecule has 0 unspecified atom stereocenters. The molecule has 0 bridgehead atoms. The van der Waals surface area contributed by atoms with E-state index in [9.17, 15) is 13.2 Å². The van der Waals surface area contributed by atoms with Crippen LogP contribution in [0.4, 0.5) is 18.9 Å². The van der Waals surface area contributed by atoms with E-state index in [1.54, 1.807) is 13.1 Å². The highest BCUT2D eigenvalue weighted by atomic mass is 79.9. The number of benzene rings is 1. The van der Waals surface area contributed by atoms with Crippen LogP contribution in [0.5, 0.6) is 0 Å². The molecule has 0 fully saturated rings. The third-order valence-corrected chi connectivity index (χ3v) is 3.15. The van der Waals surface area contributed by atoms with Crippen molar-refractivity contribution in [2.45, 2.75) is 13.1 Å². The van der Waals surface area contributed by atoms with Crippen molar-refractivity contribution in [1.82, 2.24) is 9.78 Å². The molecule has 2 aromatic rings. The van der Waals surface area contributed by atoms with Crippen LogP contribution in [0.1, 0.15) is 11.3 Å². The Morgan fingerprint density at radius 3 is 2.44 bits per heavy atom. The maximum Gasteiger partial charge on any atom is 0.416 e. The molecule has 1 aromatic carbocycles. The zero-order valence-electron chi connectivity index (χ0n) is 9.29. The van der Waals surface area contributed by atoms with Crippen LogP contribution in [0.3, 0.4) is 0 Å². The van der Waals surface area contributed by atoms with Gasteiger partial charge in [-0.25, -0.2) is 4.68 Å². The summed E-state index contributed by atoms with van der Waals surface area (Å²) >= 11 is 3.25. The lowest BCUT2D eigenvalue weighted by Gasteiger charge is -2.10. The predicted molar refractivity (Wildman–Crippen MR) is 65.4 cm³/mol. The Labute approximate surface area is 110 Å². The van der Waals surface area contributed by atoms with Crippen LogP contribution in [0, 0.1) is 6.92 Å². The van der Waals surface area contributed by atoms with Gasteiger partial charge in [0.2, 0.25) is 0 Å². The van der Waals surface area contributed by atoms with Gasteiger partial charge in [-0.05, 0) is 41.1 Å². The minimum Gasteiger partial charge on any atom is -0.399 e. The second kappa shape index (κ2) is 4.31. The van der Waals surface area contributed by atoms with Gasteiger partial charge in [0.05, 0.1) is 21.4 Å². The fraction of sp³-hybridized carbons (Fsp3) is 0.182. The highest BCUT2D eigenvalue weighted by Gasteiger charge is 2.31. The Balaban J connectivity index is 2.55. The molecule has 18 heavy (non-hydrogen) atoms. The number of hydrogen-bond donors (Lipinski definition) is 1. The molecular weight excluding hydrogens is 311 g/mol. The summed E-state index contributed by atoms with van der Waals surface area (Å²) in [5.41, 5.74) is 5.70. The van der Waals surface area contributed by atoms with Crippen molar-refractivity contribution in [2.24, 2.45) is 0 Å². The molecule has 7 heteroatoms. The van der Waals surface area contributed by atoms with E-state index >= 15 is 0 Å². The Kier molecular flexibility index (Phi) is 3.10. The molecule has 0 aliphatic heterocycles. The van der Waals surface area contributed by atoms with Gasteiger partial charge in [-0.15, -0.1) is 0 Å². The summed E-state index contributed by atoms with van der Waals surface area (Å²) in [6.45, 7) is 1.75. The van der Waals surface area contributed by atoms with Gasteiger partial charge in [0.15, 0.2) is 0 Å². The third kappa shape index (κ3) is 2.50. The summed E-state index contributed by atoms with van der Waals surface area (Å²) in [6.07, 6.45) is -2.84. The number of nitrogens with two attached hydrogens (primary N) is 1. The molecule has 2 N–H and O–H groups in total. The van der Waals surface area contributed by atoms with E-state index in [1.165, 1.54) is 10.7 Å². The molecule has 0 atom stereocenters. The fourth-order valence-electron chi connectivity index (χ4n) is 1.50. The first kappa shape index (κ1) is 12.9. The van der Waals surface area contributed by atoms with Crippen molar-refractivity contribution in [1.29, 1.82) is 0 Å². The lowest BCUT2D eigenvalue weighted by atomic mass is 10.1. The SMILES string of the molecule is Cc1nn(-c2cc(N)cc(C(F)(F)F)c2)cc1Br. The second-order valence-corrected chi connectivity index (χ2v) is 4.67. The molecule has 0 spiro atoms. The minimum absolute atomic E-state index is 0.0455. The van der Waals surface area contributed by atoms with Crippen molar-refractivity contribution in [3.63, 3.8) is 0 Å². The Hall–Kier alpha value is -1.50. The number of alkyl halides is 3. The van der Waals surface area contributed by atoms with E-state index in [1.807, 2.05) is 0 Å². The zero-order chi connectivity index (χ0) is 13.5. The molecular formula is C11H9BrF3N3. The Bertz CT molecular complexity index is 570. The van der Waals surface area contributed by atoms with Gasteiger partial charge < -0.3 is 5.73 Å². The van der Waals surface area contributed by atoms with Crippen molar-refractivity contribution < 1.29 is 13.2 Å². The zero-order valence-corrected chi connectivity index (χ0v) is 10.9. The fourth-order valence-corrected chi connectivity index (χ4v) is 1.78. The normalized spacial score (nSPS) is 11.8. The average Bonchev–Trinajstić information content (AvgIpc) is 2.57. The van der Waals surface area contributed by atoms with Crippen LogP contribution in [-0.2, 0) is 6.18 Å². The predicted octanol–water partition coefficient (Wildman–Crippen LogP) is 3.54. The van der Waals surface area contributed by atoms with Crippen molar-refractivity contribution in [3.05, 3.63) is 40.1 Å². The summed E-state index contributed by atoms with van der Waals surface area (Å²) in [6, 6.07) is 3.35. The Morgan fingerprint density at radius 2 is 1.94 bits per heavy atom. The maximum atomic E-state index is 12.7. The largest absolute Gasteiger partial charge is 0.416 e. The van der Waals surface area contributed by atoms with E-state index in [-0.39, 0.29) is 11.4 Å². The molecule has 0 aliphatic carbocycles. The summed E-state index contributed by atoms with van der Waals surface area (Å²) in [5.74, 6) is 0. The number of nitrogens with zero attached hydrogens (tertiary/aromatic N) is 2. The number of halogens is 4. The summed E-state index contributed by atoms with van der Waals surface area (Å²) in [5, 5.41) is 4.09. The van der Waals surface area contributed by atoms with Crippen LogP contribution in [-0.4, -0.2) is 9.78 Å². The number of aromatic nitrogens is 2. The topological polar surface area (TPSA) is 43.8 Å². The molecule has 0 aliphatic rings. The van der Waals surface area contributed by atoms with Crippen molar-refractivity contribution in [3.8, 4) is 5.69 Å². The second-order valence-electron chi connectivity index (χ2n) is 3.82. The van der Waals surface area contributed by atoms with Crippen LogP contribution in [0.25, 0.3) is 5.69 Å². The highest BCUT2D eigenvalue weighted by molar-refractivity contribution is 9.10. The number of rotatable bonds is 1. The smallest absolute Gasteiger partial charge is 0.399 e. The first-order chi connectivity index (χ1) is 8.27. The van der Waals surface area contributed by atoms with E-state index in [2.05, 4.69) is 21.0 Å². The van der Waals surface area contributed by atoms with Gasteiger partial charge in [0, 0.05) is 11.9 Å². The van der Waals surface area contributed by atoms with Gasteiger partial charge in [0.1, 0.15) is 0 Å². The lowest BCUT2D eigenvalue weighted by Crippen LogP contribution is -2.08. The van der Waals surface area contributed by atoms with E-state index in [4.69, 9.17) is 5.73 Å². The average molecular weight is 320 g/mol. The van der Waals surface area contributed by atoms with Crippen LogP contribution in [0.15, 0.2) is 28.9 Å². The van der Waals surface area contributed by atoms with Crippen LogP contribution >= 0.6 is 15.9 Å². The molecule has 0 saturated heterocycles. The van der Waals surface area contributed by atoms with Gasteiger partial charge in [-0.2, -0.15) is 18.3 Å². The quantitative estimate of drug-likeness (QED) is 0.817. The maximum absolute atomic E-state index is 12.7. The van der Waals surface area contributed by atoms with E-state index in [0.717, 1.165) is 16.6 Å². The van der Waals surface area contributed by atoms with Crippen LogP contribution < -0.4 is 5.73 Å². The minimum atomic E-state index is -4.43. The molecule has 1 heterocycles. The molecule has 0 saturated carbocycles. The Morgan fingerprint density at radius 1 is 1.28 bits per heavy atom. The number of hydrogen-bond acceptors (Lipinski definition) is 2. The summed E-state index contributed by atoms with van der Waals surface area (Å²) in [7, 11) is 0. The number of anilines is 1. The monoisotopic (exact) mass is 319 g/mol. The van der Waals surface area contributed by atoms with Gasteiger partial charge in [-0.1, -0.05) is 0 Å². The molecule has 0 radical (unpaired) electrons. The van der Waals surface area contributed by atoms with Crippen molar-refractivity contribution in [2.75, 3.05) is 5.73 Å². The third-order valence-electron chi connectivity index (χ3n) is 2.37. The number of aryl methyl sites for hydroxylation is 1. The van der Waals surface area contributed by atoms with Gasteiger partial charge >= 0.3 is 6.18 Å². The molecule has 1 aromatic heterocycles. The molecule has 96 valence electrons. The van der Waals surface area contributed by atoms with Gasteiger partial charge in [0.25, 0.3) is 0 Å². The molecule has 3 nitrogen and oxygen atoms in total. The first-order valence-electron chi connectivity index (χ1n) is 4.97. The lowest BCUT2D eigenvalue weighted by molar-refractivity contribution is -0.137. The number of nitrogen functional groups attached to an aromatic ring is 1. The highest BCUT2D eigenvalue weighted by Crippen LogP contribution is 2.32. The summed E-state index contributed by atoms with van der Waals surface area (Å²) in [4.78, 5) is 0. The first-order valence-corrected chi connectivity index (χ1v) is 5.76. The summed E-state index contributed by atoms with van der Waals surface area (Å²) < 4.78 is 40.0. The van der Waals surface area contributed by atoms with Crippen LogP contribution in [0.2, 0.25) is 0 Å². The molecule has 2 rings (SSSR count). The molecule has 0 amide bonds. The van der Waals surface area contributed by atoms with E-state index < -0.39 is 11.7 Å². The van der Waals surface area contributed by atoms with Crippen molar-refractivity contribution >= 4 is 21.6 Å². The standard InChI is InChI=1S/C11H9BrF3N3/c1-6-10(12)5-18(17-6)9-3-7(11(13,14)15)2-8(16)4-9/h2-5H,16H2,1H3. The van der Waals surface area contributed by atoms with E-state index in [0.29, 0.717) is 5.69 Å². The van der Waals surface area contributed by atoms with Gasteiger partial charge in [-0.3, -0.25) is 0 Å².